The first-order chi connectivity index (χ1) is 8.66. The molecule has 0 atom stereocenters. The summed E-state index contributed by atoms with van der Waals surface area (Å²) in [5, 5.41) is 0. The number of piperazine rings is 1. The standard InChI is InChI=1S/C14H20Br2N2/c1-17-8-10-18(11-9-17)7-3-4-12-13(15)5-2-6-14(12)16/h2,5-6H,3-4,7-11H2,1H3. The third kappa shape index (κ3) is 4.05. The second kappa shape index (κ2) is 7.04. The number of benzene rings is 1. The third-order valence-electron chi connectivity index (χ3n) is 3.56. The average Bonchev–Trinajstić information content (AvgIpc) is 2.35. The van der Waals surface area contributed by atoms with Crippen molar-refractivity contribution in [2.75, 3.05) is 39.8 Å². The minimum absolute atomic E-state index is 1.13. The van der Waals surface area contributed by atoms with Crippen molar-refractivity contribution in [1.82, 2.24) is 9.80 Å². The first-order valence-corrected chi connectivity index (χ1v) is 8.09. The quantitative estimate of drug-likeness (QED) is 0.795. The van der Waals surface area contributed by atoms with E-state index in [0.717, 1.165) is 6.42 Å². The van der Waals surface area contributed by atoms with Crippen LogP contribution < -0.4 is 0 Å². The highest BCUT2D eigenvalue weighted by atomic mass is 79.9. The van der Waals surface area contributed by atoms with E-state index in [4.69, 9.17) is 0 Å². The van der Waals surface area contributed by atoms with Gasteiger partial charge in [-0.25, -0.2) is 0 Å². The Labute approximate surface area is 127 Å². The smallest absolute Gasteiger partial charge is 0.0218 e. The minimum Gasteiger partial charge on any atom is -0.304 e. The van der Waals surface area contributed by atoms with E-state index in [-0.39, 0.29) is 0 Å². The molecular formula is C14H20Br2N2. The largest absolute Gasteiger partial charge is 0.304 e. The van der Waals surface area contributed by atoms with Crippen molar-refractivity contribution in [3.8, 4) is 0 Å². The number of rotatable bonds is 4. The van der Waals surface area contributed by atoms with Gasteiger partial charge in [0.1, 0.15) is 0 Å². The molecule has 0 aliphatic carbocycles. The Morgan fingerprint density at radius 3 is 2.28 bits per heavy atom. The second-order valence-electron chi connectivity index (χ2n) is 4.95. The Balaban J connectivity index is 1.78. The first-order valence-electron chi connectivity index (χ1n) is 6.50. The fourth-order valence-electron chi connectivity index (χ4n) is 2.32. The van der Waals surface area contributed by atoms with E-state index < -0.39 is 0 Å². The number of likely N-dealkylation sites (N-methyl/N-ethyl adjacent to an activating group) is 1. The minimum atomic E-state index is 1.13. The molecule has 0 amide bonds. The van der Waals surface area contributed by atoms with Crippen LogP contribution in [0.25, 0.3) is 0 Å². The average molecular weight is 376 g/mol. The zero-order valence-electron chi connectivity index (χ0n) is 10.8. The van der Waals surface area contributed by atoms with E-state index in [1.807, 2.05) is 0 Å². The van der Waals surface area contributed by atoms with Crippen LogP contribution in [0.3, 0.4) is 0 Å². The van der Waals surface area contributed by atoms with Gasteiger partial charge < -0.3 is 9.80 Å². The molecule has 0 N–H and O–H groups in total. The molecule has 1 aliphatic heterocycles. The lowest BCUT2D eigenvalue weighted by atomic mass is 10.1. The maximum Gasteiger partial charge on any atom is 0.0218 e. The normalized spacial score (nSPS) is 18.2. The Hall–Kier alpha value is 0.1000. The summed E-state index contributed by atoms with van der Waals surface area (Å²) in [7, 11) is 2.20. The van der Waals surface area contributed by atoms with E-state index >= 15 is 0 Å². The molecule has 100 valence electrons. The number of halogens is 2. The van der Waals surface area contributed by atoms with Crippen LogP contribution in [0, 0.1) is 0 Å². The Kier molecular flexibility index (Phi) is 5.67. The summed E-state index contributed by atoms with van der Waals surface area (Å²) in [6, 6.07) is 6.31. The van der Waals surface area contributed by atoms with Gasteiger partial charge in [0.15, 0.2) is 0 Å². The zero-order chi connectivity index (χ0) is 13.0. The lowest BCUT2D eigenvalue weighted by Gasteiger charge is -2.32. The van der Waals surface area contributed by atoms with Gasteiger partial charge in [-0.05, 0) is 44.1 Å². The van der Waals surface area contributed by atoms with E-state index in [1.54, 1.807) is 0 Å². The SMILES string of the molecule is CN1CCN(CCCc2c(Br)cccc2Br)CC1. The molecule has 1 aromatic rings. The highest BCUT2D eigenvalue weighted by Gasteiger charge is 2.13. The molecule has 1 heterocycles. The molecule has 18 heavy (non-hydrogen) atoms. The van der Waals surface area contributed by atoms with Crippen molar-refractivity contribution in [2.24, 2.45) is 0 Å². The van der Waals surface area contributed by atoms with Gasteiger partial charge in [0, 0.05) is 35.1 Å². The van der Waals surface area contributed by atoms with E-state index in [0.29, 0.717) is 0 Å². The molecule has 1 saturated heterocycles. The molecule has 0 saturated carbocycles. The van der Waals surface area contributed by atoms with Crippen LogP contribution in [0.2, 0.25) is 0 Å². The summed E-state index contributed by atoms with van der Waals surface area (Å²) < 4.78 is 2.44. The summed E-state index contributed by atoms with van der Waals surface area (Å²) in [5.74, 6) is 0. The van der Waals surface area contributed by atoms with Crippen LogP contribution >= 0.6 is 31.9 Å². The van der Waals surface area contributed by atoms with Gasteiger partial charge in [-0.3, -0.25) is 0 Å². The topological polar surface area (TPSA) is 6.48 Å². The van der Waals surface area contributed by atoms with Crippen molar-refractivity contribution in [3.05, 3.63) is 32.7 Å². The molecule has 4 heteroatoms. The molecule has 2 nitrogen and oxygen atoms in total. The molecule has 0 bridgehead atoms. The Morgan fingerprint density at radius 2 is 1.67 bits per heavy atom. The van der Waals surface area contributed by atoms with Crippen LogP contribution in [0.4, 0.5) is 0 Å². The van der Waals surface area contributed by atoms with Crippen LogP contribution in [0.1, 0.15) is 12.0 Å². The fourth-order valence-corrected chi connectivity index (χ4v) is 3.72. The van der Waals surface area contributed by atoms with Crippen molar-refractivity contribution >= 4 is 31.9 Å². The second-order valence-corrected chi connectivity index (χ2v) is 6.66. The van der Waals surface area contributed by atoms with Crippen molar-refractivity contribution in [3.63, 3.8) is 0 Å². The van der Waals surface area contributed by atoms with E-state index in [9.17, 15) is 0 Å². The number of hydrogen-bond donors (Lipinski definition) is 0. The molecule has 0 radical (unpaired) electrons. The molecule has 1 aliphatic rings. The summed E-state index contributed by atoms with van der Waals surface area (Å²) in [4.78, 5) is 4.98. The van der Waals surface area contributed by atoms with Gasteiger partial charge in [0.25, 0.3) is 0 Å². The molecule has 0 spiro atoms. The summed E-state index contributed by atoms with van der Waals surface area (Å²) in [6.45, 7) is 6.06. The van der Waals surface area contributed by atoms with Crippen molar-refractivity contribution in [2.45, 2.75) is 12.8 Å². The van der Waals surface area contributed by atoms with Gasteiger partial charge in [0.2, 0.25) is 0 Å². The number of hydrogen-bond acceptors (Lipinski definition) is 2. The van der Waals surface area contributed by atoms with Crippen LogP contribution in [0.15, 0.2) is 27.1 Å². The summed E-state index contributed by atoms with van der Waals surface area (Å²) in [5.41, 5.74) is 1.40. The Morgan fingerprint density at radius 1 is 1.06 bits per heavy atom. The van der Waals surface area contributed by atoms with Gasteiger partial charge >= 0.3 is 0 Å². The fraction of sp³-hybridized carbons (Fsp3) is 0.571. The van der Waals surface area contributed by atoms with E-state index in [1.165, 1.54) is 53.7 Å². The molecular weight excluding hydrogens is 356 g/mol. The highest BCUT2D eigenvalue weighted by Crippen LogP contribution is 2.26. The molecule has 1 aromatic carbocycles. The van der Waals surface area contributed by atoms with Crippen LogP contribution in [-0.2, 0) is 6.42 Å². The van der Waals surface area contributed by atoms with Gasteiger partial charge in [0.05, 0.1) is 0 Å². The highest BCUT2D eigenvalue weighted by molar-refractivity contribution is 9.11. The molecule has 0 unspecified atom stereocenters. The lowest BCUT2D eigenvalue weighted by molar-refractivity contribution is 0.153. The Bertz CT molecular complexity index is 367. The summed E-state index contributed by atoms with van der Waals surface area (Å²) >= 11 is 7.26. The van der Waals surface area contributed by atoms with Crippen LogP contribution in [0.5, 0.6) is 0 Å². The predicted molar refractivity (Wildman–Crippen MR) is 84.1 cm³/mol. The first kappa shape index (κ1) is 14.5. The lowest BCUT2D eigenvalue weighted by Crippen LogP contribution is -2.44. The predicted octanol–water partition coefficient (Wildman–Crippen LogP) is 3.39. The maximum atomic E-state index is 3.63. The van der Waals surface area contributed by atoms with Gasteiger partial charge in [-0.15, -0.1) is 0 Å². The van der Waals surface area contributed by atoms with Gasteiger partial charge in [-0.1, -0.05) is 37.9 Å². The maximum absolute atomic E-state index is 3.63. The van der Waals surface area contributed by atoms with Gasteiger partial charge in [-0.2, -0.15) is 0 Å². The zero-order valence-corrected chi connectivity index (χ0v) is 14.0. The van der Waals surface area contributed by atoms with Crippen LogP contribution in [-0.4, -0.2) is 49.6 Å². The number of nitrogens with zero attached hydrogens (tertiary/aromatic N) is 2. The summed E-state index contributed by atoms with van der Waals surface area (Å²) in [6.07, 6.45) is 2.36. The van der Waals surface area contributed by atoms with Crippen molar-refractivity contribution in [1.29, 1.82) is 0 Å². The monoisotopic (exact) mass is 374 g/mol. The molecule has 0 aromatic heterocycles. The van der Waals surface area contributed by atoms with E-state index in [2.05, 4.69) is 66.9 Å². The van der Waals surface area contributed by atoms with Crippen molar-refractivity contribution < 1.29 is 0 Å². The molecule has 2 rings (SSSR count). The molecule has 1 fully saturated rings. The third-order valence-corrected chi connectivity index (χ3v) is 5.04.